The van der Waals surface area contributed by atoms with Crippen LogP contribution < -0.4 is 5.32 Å². The molecule has 0 aliphatic carbocycles. The van der Waals surface area contributed by atoms with Crippen LogP contribution in [0.2, 0.25) is 5.02 Å². The molecule has 0 atom stereocenters. The Morgan fingerprint density at radius 3 is 2.50 bits per heavy atom. The molecule has 0 unspecified atom stereocenters. The molecule has 0 saturated heterocycles. The molecule has 0 saturated carbocycles. The summed E-state index contributed by atoms with van der Waals surface area (Å²) in [5.74, 6) is -1.17. The Hall–Kier alpha value is -1.79. The van der Waals surface area contributed by atoms with E-state index in [1.165, 1.54) is 23.1 Å². The second kappa shape index (κ2) is 6.11. The SMILES string of the molecule is CN(C(=O)Nc1ccc(Cl)c(C(=O)O)c1)C(C)(C)CO. The second-order valence-corrected chi connectivity index (χ2v) is 5.37. The van der Waals surface area contributed by atoms with Crippen LogP contribution in [0.15, 0.2) is 18.2 Å². The average molecular weight is 301 g/mol. The van der Waals surface area contributed by atoms with Gasteiger partial charge in [-0.25, -0.2) is 9.59 Å². The fourth-order valence-electron chi connectivity index (χ4n) is 1.36. The van der Waals surface area contributed by atoms with Gasteiger partial charge in [-0.2, -0.15) is 0 Å². The number of aromatic carboxylic acids is 1. The predicted molar refractivity (Wildman–Crippen MR) is 76.4 cm³/mol. The molecule has 2 amide bonds. The Morgan fingerprint density at radius 2 is 2.00 bits per heavy atom. The van der Waals surface area contributed by atoms with Gasteiger partial charge in [0, 0.05) is 12.7 Å². The standard InChI is InChI=1S/C13H17ClN2O4/c1-13(2,7-17)16(3)12(20)15-8-4-5-10(14)9(6-8)11(18)19/h4-6,17H,7H2,1-3H3,(H,15,20)(H,18,19). The van der Waals surface area contributed by atoms with E-state index < -0.39 is 17.5 Å². The number of hydrogen-bond donors (Lipinski definition) is 3. The van der Waals surface area contributed by atoms with Gasteiger partial charge >= 0.3 is 12.0 Å². The highest BCUT2D eigenvalue weighted by Gasteiger charge is 2.27. The molecular formula is C13H17ClN2O4. The number of hydrogen-bond acceptors (Lipinski definition) is 3. The van der Waals surface area contributed by atoms with E-state index in [0.29, 0.717) is 5.69 Å². The molecule has 1 aromatic carbocycles. The zero-order chi connectivity index (χ0) is 15.5. The third kappa shape index (κ3) is 3.61. The van der Waals surface area contributed by atoms with Crippen molar-refractivity contribution in [1.29, 1.82) is 0 Å². The number of rotatable bonds is 4. The number of aliphatic hydroxyl groups is 1. The van der Waals surface area contributed by atoms with Gasteiger partial charge in [0.05, 0.1) is 22.7 Å². The van der Waals surface area contributed by atoms with E-state index in [0.717, 1.165) is 0 Å². The number of carboxylic acids is 1. The first-order valence-electron chi connectivity index (χ1n) is 5.87. The summed E-state index contributed by atoms with van der Waals surface area (Å²) in [4.78, 5) is 24.3. The first kappa shape index (κ1) is 16.3. The van der Waals surface area contributed by atoms with Gasteiger partial charge in [-0.05, 0) is 32.0 Å². The van der Waals surface area contributed by atoms with Crippen molar-refractivity contribution in [3.05, 3.63) is 28.8 Å². The number of halogens is 1. The molecule has 110 valence electrons. The van der Waals surface area contributed by atoms with Crippen molar-refractivity contribution in [2.45, 2.75) is 19.4 Å². The molecule has 7 heteroatoms. The number of carbonyl (C=O) groups excluding carboxylic acids is 1. The zero-order valence-corrected chi connectivity index (χ0v) is 12.2. The largest absolute Gasteiger partial charge is 0.478 e. The zero-order valence-electron chi connectivity index (χ0n) is 11.5. The molecule has 6 nitrogen and oxygen atoms in total. The minimum absolute atomic E-state index is 0.0893. The summed E-state index contributed by atoms with van der Waals surface area (Å²) in [5.41, 5.74) is -0.502. The number of benzene rings is 1. The highest BCUT2D eigenvalue weighted by Crippen LogP contribution is 2.21. The first-order valence-corrected chi connectivity index (χ1v) is 6.25. The van der Waals surface area contributed by atoms with E-state index in [-0.39, 0.29) is 17.2 Å². The number of aliphatic hydroxyl groups excluding tert-OH is 1. The third-order valence-corrected chi connectivity index (χ3v) is 3.38. The molecule has 0 heterocycles. The lowest BCUT2D eigenvalue weighted by molar-refractivity contribution is 0.0697. The van der Waals surface area contributed by atoms with E-state index in [1.807, 2.05) is 0 Å². The van der Waals surface area contributed by atoms with Crippen molar-refractivity contribution in [2.24, 2.45) is 0 Å². The smallest absolute Gasteiger partial charge is 0.337 e. The van der Waals surface area contributed by atoms with Gasteiger partial charge in [-0.1, -0.05) is 11.6 Å². The topological polar surface area (TPSA) is 89.9 Å². The maximum absolute atomic E-state index is 12.0. The van der Waals surface area contributed by atoms with Crippen LogP contribution in [0.25, 0.3) is 0 Å². The minimum Gasteiger partial charge on any atom is -0.478 e. The molecule has 20 heavy (non-hydrogen) atoms. The summed E-state index contributed by atoms with van der Waals surface area (Å²) >= 11 is 5.75. The Balaban J connectivity index is 2.92. The Kier molecular flexibility index (Phi) is 4.97. The summed E-state index contributed by atoms with van der Waals surface area (Å²) in [6, 6.07) is 3.73. The van der Waals surface area contributed by atoms with E-state index in [1.54, 1.807) is 20.9 Å². The van der Waals surface area contributed by atoms with Crippen LogP contribution in [0, 0.1) is 0 Å². The van der Waals surface area contributed by atoms with Crippen LogP contribution in [0.5, 0.6) is 0 Å². The summed E-state index contributed by atoms with van der Waals surface area (Å²) in [7, 11) is 1.54. The Bertz CT molecular complexity index is 531. The fraction of sp³-hybridized carbons (Fsp3) is 0.385. The summed E-state index contributed by atoms with van der Waals surface area (Å²) in [5, 5.41) is 20.8. The molecule has 0 bridgehead atoms. The second-order valence-electron chi connectivity index (χ2n) is 4.96. The van der Waals surface area contributed by atoms with Gasteiger partial charge in [0.2, 0.25) is 0 Å². The lowest BCUT2D eigenvalue weighted by Gasteiger charge is -2.33. The van der Waals surface area contributed by atoms with Crippen LogP contribution in [0.1, 0.15) is 24.2 Å². The van der Waals surface area contributed by atoms with Gasteiger partial charge in [-0.3, -0.25) is 0 Å². The molecule has 0 spiro atoms. The first-order chi connectivity index (χ1) is 9.19. The molecule has 1 aromatic rings. The van der Waals surface area contributed by atoms with E-state index >= 15 is 0 Å². The maximum Gasteiger partial charge on any atom is 0.337 e. The quantitative estimate of drug-likeness (QED) is 0.795. The fourth-order valence-corrected chi connectivity index (χ4v) is 1.55. The van der Waals surface area contributed by atoms with Crippen molar-refractivity contribution < 1.29 is 19.8 Å². The van der Waals surface area contributed by atoms with E-state index in [4.69, 9.17) is 16.7 Å². The van der Waals surface area contributed by atoms with Crippen LogP contribution in [-0.4, -0.2) is 46.3 Å². The molecule has 0 fully saturated rings. The van der Waals surface area contributed by atoms with Crippen LogP contribution in [0.3, 0.4) is 0 Å². The molecular weight excluding hydrogens is 284 g/mol. The number of likely N-dealkylation sites (N-methyl/N-ethyl adjacent to an activating group) is 1. The summed E-state index contributed by atoms with van der Waals surface area (Å²) in [6.07, 6.45) is 0. The highest BCUT2D eigenvalue weighted by molar-refractivity contribution is 6.33. The van der Waals surface area contributed by atoms with Gasteiger partial charge in [0.1, 0.15) is 0 Å². The Labute approximate surface area is 122 Å². The molecule has 3 N–H and O–H groups in total. The normalized spacial score (nSPS) is 11.1. The van der Waals surface area contributed by atoms with Crippen molar-refractivity contribution in [3.63, 3.8) is 0 Å². The van der Waals surface area contributed by atoms with Crippen LogP contribution >= 0.6 is 11.6 Å². The number of nitrogens with one attached hydrogen (secondary N) is 1. The van der Waals surface area contributed by atoms with E-state index in [2.05, 4.69) is 5.32 Å². The number of nitrogens with zero attached hydrogens (tertiary/aromatic N) is 1. The number of anilines is 1. The lowest BCUT2D eigenvalue weighted by Crippen LogP contribution is -2.49. The van der Waals surface area contributed by atoms with Crippen molar-refractivity contribution in [1.82, 2.24) is 4.90 Å². The van der Waals surface area contributed by atoms with Crippen molar-refractivity contribution in [3.8, 4) is 0 Å². The number of carbonyl (C=O) groups is 2. The highest BCUT2D eigenvalue weighted by atomic mass is 35.5. The minimum atomic E-state index is -1.17. The monoisotopic (exact) mass is 300 g/mol. The summed E-state index contributed by atoms with van der Waals surface area (Å²) < 4.78 is 0. The third-order valence-electron chi connectivity index (χ3n) is 3.05. The lowest BCUT2D eigenvalue weighted by atomic mass is 10.1. The molecule has 1 rings (SSSR count). The van der Waals surface area contributed by atoms with E-state index in [9.17, 15) is 14.7 Å². The summed E-state index contributed by atoms with van der Waals surface area (Å²) in [6.45, 7) is 3.21. The van der Waals surface area contributed by atoms with Gasteiger partial charge in [0.15, 0.2) is 0 Å². The predicted octanol–water partition coefficient (Wildman–Crippen LogP) is 2.27. The van der Waals surface area contributed by atoms with Gasteiger partial charge in [0.25, 0.3) is 0 Å². The number of urea groups is 1. The van der Waals surface area contributed by atoms with Gasteiger partial charge < -0.3 is 20.4 Å². The number of carboxylic acid groups (broad SMARTS) is 1. The van der Waals surface area contributed by atoms with Crippen LogP contribution in [-0.2, 0) is 0 Å². The average Bonchev–Trinajstić information content (AvgIpc) is 2.39. The molecule has 0 aliphatic rings. The van der Waals surface area contributed by atoms with Crippen molar-refractivity contribution in [2.75, 3.05) is 19.0 Å². The number of amides is 2. The Morgan fingerprint density at radius 1 is 1.40 bits per heavy atom. The molecule has 0 aromatic heterocycles. The molecule has 0 radical (unpaired) electrons. The van der Waals surface area contributed by atoms with Crippen LogP contribution in [0.4, 0.5) is 10.5 Å². The molecule has 0 aliphatic heterocycles. The van der Waals surface area contributed by atoms with Crippen molar-refractivity contribution >= 4 is 29.3 Å². The maximum atomic E-state index is 12.0. The van der Waals surface area contributed by atoms with Gasteiger partial charge in [-0.15, -0.1) is 0 Å².